The maximum absolute atomic E-state index is 13.5. The van der Waals surface area contributed by atoms with Gasteiger partial charge in [-0.2, -0.15) is 0 Å². The van der Waals surface area contributed by atoms with E-state index in [0.29, 0.717) is 40.0 Å². The van der Waals surface area contributed by atoms with Gasteiger partial charge < -0.3 is 0 Å². The highest BCUT2D eigenvalue weighted by atomic mass is 32.2. The molecule has 0 radical (unpaired) electrons. The molecular formula is C24H32N4O3S. The van der Waals surface area contributed by atoms with E-state index in [2.05, 4.69) is 9.97 Å². The van der Waals surface area contributed by atoms with Crippen LogP contribution in [0, 0.1) is 36.0 Å². The van der Waals surface area contributed by atoms with Gasteiger partial charge in [-0.25, -0.2) is 14.8 Å². The fourth-order valence-corrected chi connectivity index (χ4v) is 7.91. The zero-order valence-corrected chi connectivity index (χ0v) is 20.2. The Hall–Kier alpha value is -1.96. The summed E-state index contributed by atoms with van der Waals surface area (Å²) in [7, 11) is 1.50. The number of carbonyl (C=O) groups excluding carboxylic acids is 1. The van der Waals surface area contributed by atoms with Crippen LogP contribution in [0.15, 0.2) is 14.6 Å². The summed E-state index contributed by atoms with van der Waals surface area (Å²) in [5.41, 5.74) is -0.543. The molecule has 0 amide bonds. The Morgan fingerprint density at radius 3 is 2.25 bits per heavy atom. The van der Waals surface area contributed by atoms with Gasteiger partial charge in [-0.05, 0) is 69.1 Å². The average Bonchev–Trinajstić information content (AvgIpc) is 2.71. The van der Waals surface area contributed by atoms with Gasteiger partial charge >= 0.3 is 5.69 Å². The first-order chi connectivity index (χ1) is 15.2. The second-order valence-corrected chi connectivity index (χ2v) is 11.8. The van der Waals surface area contributed by atoms with Gasteiger partial charge in [0.15, 0.2) is 5.65 Å². The third-order valence-corrected chi connectivity index (χ3v) is 8.75. The van der Waals surface area contributed by atoms with E-state index in [-0.39, 0.29) is 17.0 Å². The number of fused-ring (bicyclic) bond motifs is 1. The summed E-state index contributed by atoms with van der Waals surface area (Å²) in [4.78, 5) is 48.4. The van der Waals surface area contributed by atoms with E-state index in [1.165, 1.54) is 38.1 Å². The predicted molar refractivity (Wildman–Crippen MR) is 125 cm³/mol. The Labute approximate surface area is 192 Å². The number of carbonyl (C=O) groups is 1. The molecule has 32 heavy (non-hydrogen) atoms. The predicted octanol–water partition coefficient (Wildman–Crippen LogP) is 3.33. The number of aryl methyl sites for hydroxylation is 1. The molecule has 4 aliphatic carbocycles. The first-order valence-electron chi connectivity index (χ1n) is 11.8. The van der Waals surface area contributed by atoms with Crippen molar-refractivity contribution < 1.29 is 4.79 Å². The lowest BCUT2D eigenvalue weighted by atomic mass is 9.48. The molecule has 8 heteroatoms. The lowest BCUT2D eigenvalue weighted by Crippen LogP contribution is -2.50. The number of Topliss-reactive ketones (excluding diaryl/α,β-unsaturated/α-hetero) is 1. The van der Waals surface area contributed by atoms with Crippen LogP contribution in [0.3, 0.4) is 0 Å². The Morgan fingerprint density at radius 2 is 1.69 bits per heavy atom. The third kappa shape index (κ3) is 3.55. The van der Waals surface area contributed by atoms with Crippen molar-refractivity contribution in [1.29, 1.82) is 0 Å². The maximum atomic E-state index is 13.5. The zero-order chi connectivity index (χ0) is 22.8. The van der Waals surface area contributed by atoms with E-state index < -0.39 is 5.56 Å². The first-order valence-corrected chi connectivity index (χ1v) is 12.8. The van der Waals surface area contributed by atoms with E-state index >= 15 is 0 Å². The van der Waals surface area contributed by atoms with Crippen molar-refractivity contribution in [1.82, 2.24) is 19.1 Å². The molecule has 7 nitrogen and oxygen atoms in total. The van der Waals surface area contributed by atoms with Crippen molar-refractivity contribution >= 4 is 28.6 Å². The van der Waals surface area contributed by atoms with Crippen molar-refractivity contribution in [3.63, 3.8) is 0 Å². The standard InChI is InChI=1S/C24H32N4O3S/c1-13(2)11-28-20-19(22(30)27(4)23(28)31)21(26-14(3)25-20)32-12-18(29)24-8-15-5-16(9-24)7-17(6-15)10-24/h13,15-17H,5-12H2,1-4H3. The molecule has 4 aliphatic rings. The van der Waals surface area contributed by atoms with E-state index in [0.717, 1.165) is 41.6 Å². The molecule has 2 heterocycles. The number of aromatic nitrogens is 4. The molecule has 0 aromatic carbocycles. The highest BCUT2D eigenvalue weighted by molar-refractivity contribution is 8.00. The molecule has 2 aromatic rings. The van der Waals surface area contributed by atoms with E-state index in [9.17, 15) is 14.4 Å². The molecule has 4 bridgehead atoms. The van der Waals surface area contributed by atoms with Gasteiger partial charge in [0.2, 0.25) is 0 Å². The summed E-state index contributed by atoms with van der Waals surface area (Å²) in [6.07, 6.45) is 7.03. The topological polar surface area (TPSA) is 86.9 Å². The molecule has 172 valence electrons. The number of hydrogen-bond donors (Lipinski definition) is 0. The van der Waals surface area contributed by atoms with Crippen LogP contribution in [0.5, 0.6) is 0 Å². The number of ketones is 1. The molecule has 2 aromatic heterocycles. The van der Waals surface area contributed by atoms with Crippen LogP contribution < -0.4 is 11.2 Å². The minimum atomic E-state index is -0.394. The second kappa shape index (κ2) is 7.82. The smallest absolute Gasteiger partial charge is 0.298 e. The van der Waals surface area contributed by atoms with Crippen molar-refractivity contribution in [2.75, 3.05) is 5.75 Å². The minimum Gasteiger partial charge on any atom is -0.298 e. The molecule has 0 aliphatic heterocycles. The number of thioether (sulfide) groups is 1. The fourth-order valence-electron chi connectivity index (χ4n) is 6.81. The van der Waals surface area contributed by atoms with E-state index in [1.807, 2.05) is 13.8 Å². The Kier molecular flexibility index (Phi) is 5.34. The van der Waals surface area contributed by atoms with Gasteiger partial charge in [0, 0.05) is 19.0 Å². The SMILES string of the molecule is Cc1nc(SCC(=O)C23CC4CC(CC(C4)C2)C3)c2c(=O)n(C)c(=O)n(CC(C)C)c2n1. The highest BCUT2D eigenvalue weighted by Gasteiger charge is 2.54. The van der Waals surface area contributed by atoms with Gasteiger partial charge in [-0.3, -0.25) is 18.7 Å². The van der Waals surface area contributed by atoms with E-state index in [1.54, 1.807) is 11.5 Å². The quantitative estimate of drug-likeness (QED) is 0.489. The summed E-state index contributed by atoms with van der Waals surface area (Å²) in [6.45, 7) is 6.29. The first kappa shape index (κ1) is 21.9. The number of hydrogen-bond acceptors (Lipinski definition) is 6. The molecule has 6 rings (SSSR count). The molecule has 0 unspecified atom stereocenters. The van der Waals surface area contributed by atoms with Crippen LogP contribution in [-0.4, -0.2) is 30.6 Å². The minimum absolute atomic E-state index is 0.162. The van der Waals surface area contributed by atoms with Crippen LogP contribution in [0.25, 0.3) is 11.0 Å². The molecule has 0 saturated heterocycles. The lowest BCUT2D eigenvalue weighted by molar-refractivity contribution is -0.141. The summed E-state index contributed by atoms with van der Waals surface area (Å²) in [5, 5.41) is 0.866. The third-order valence-electron chi connectivity index (χ3n) is 7.78. The summed E-state index contributed by atoms with van der Waals surface area (Å²) < 4.78 is 2.70. The van der Waals surface area contributed by atoms with Crippen molar-refractivity contribution in [3.8, 4) is 0 Å². The van der Waals surface area contributed by atoms with Crippen molar-refractivity contribution in [2.24, 2.45) is 36.1 Å². The normalized spacial score (nSPS) is 28.7. The number of rotatable bonds is 6. The maximum Gasteiger partial charge on any atom is 0.332 e. The van der Waals surface area contributed by atoms with Gasteiger partial charge in [-0.15, -0.1) is 0 Å². The average molecular weight is 457 g/mol. The molecule has 0 spiro atoms. The van der Waals surface area contributed by atoms with Crippen LogP contribution in [0.4, 0.5) is 0 Å². The lowest BCUT2D eigenvalue weighted by Gasteiger charge is -2.56. The van der Waals surface area contributed by atoms with Gasteiger partial charge in [0.05, 0.1) is 5.75 Å². The molecular weight excluding hydrogens is 424 g/mol. The van der Waals surface area contributed by atoms with Gasteiger partial charge in [0.25, 0.3) is 5.56 Å². The van der Waals surface area contributed by atoms with Crippen LogP contribution in [0.1, 0.15) is 58.2 Å². The van der Waals surface area contributed by atoms with Crippen molar-refractivity contribution in [2.45, 2.75) is 70.9 Å². The highest BCUT2D eigenvalue weighted by Crippen LogP contribution is 2.60. The van der Waals surface area contributed by atoms with Gasteiger partial charge in [-0.1, -0.05) is 25.6 Å². The Morgan fingerprint density at radius 1 is 1.09 bits per heavy atom. The molecule has 4 saturated carbocycles. The Balaban J connectivity index is 1.50. The monoisotopic (exact) mass is 456 g/mol. The van der Waals surface area contributed by atoms with Crippen LogP contribution >= 0.6 is 11.8 Å². The van der Waals surface area contributed by atoms with Crippen molar-refractivity contribution in [3.05, 3.63) is 26.7 Å². The molecule has 4 fully saturated rings. The Bertz CT molecular complexity index is 1180. The fraction of sp³-hybridized carbons (Fsp3) is 0.708. The second-order valence-electron chi connectivity index (χ2n) is 10.8. The number of nitrogens with zero attached hydrogens (tertiary/aromatic N) is 4. The summed E-state index contributed by atoms with van der Waals surface area (Å²) in [5.74, 6) is 3.52. The summed E-state index contributed by atoms with van der Waals surface area (Å²) >= 11 is 1.35. The largest absolute Gasteiger partial charge is 0.332 e. The summed E-state index contributed by atoms with van der Waals surface area (Å²) in [6, 6.07) is 0. The molecule has 0 atom stereocenters. The van der Waals surface area contributed by atoms with Crippen LogP contribution in [0.2, 0.25) is 0 Å². The zero-order valence-electron chi connectivity index (χ0n) is 19.4. The van der Waals surface area contributed by atoms with Gasteiger partial charge in [0.1, 0.15) is 22.0 Å². The van der Waals surface area contributed by atoms with E-state index in [4.69, 9.17) is 0 Å². The van der Waals surface area contributed by atoms with Crippen LogP contribution in [-0.2, 0) is 18.4 Å². The molecule has 0 N–H and O–H groups in total.